The Balaban J connectivity index is 2.05. The van der Waals surface area contributed by atoms with Crippen LogP contribution in [0.25, 0.3) is 5.65 Å². The van der Waals surface area contributed by atoms with Crippen molar-refractivity contribution in [1.82, 2.24) is 19.6 Å². The molecular formula is C10H12FN5O3. The van der Waals surface area contributed by atoms with Gasteiger partial charge in [0.05, 0.1) is 25.1 Å². The van der Waals surface area contributed by atoms with E-state index in [0.29, 0.717) is 5.69 Å². The molecule has 1 aliphatic rings. The van der Waals surface area contributed by atoms with Crippen LogP contribution >= 0.6 is 0 Å². The molecule has 2 aromatic heterocycles. The summed E-state index contributed by atoms with van der Waals surface area (Å²) in [5.74, 6) is 0.159. The Hall–Kier alpha value is -1.84. The van der Waals surface area contributed by atoms with Gasteiger partial charge in [-0.3, -0.25) is 0 Å². The minimum absolute atomic E-state index is 0.159. The molecule has 0 spiro atoms. The van der Waals surface area contributed by atoms with Crippen LogP contribution in [-0.4, -0.2) is 54.8 Å². The van der Waals surface area contributed by atoms with E-state index in [4.69, 9.17) is 15.6 Å². The molecule has 0 amide bonds. The van der Waals surface area contributed by atoms with Gasteiger partial charge in [0.25, 0.3) is 0 Å². The van der Waals surface area contributed by atoms with E-state index >= 15 is 0 Å². The van der Waals surface area contributed by atoms with Gasteiger partial charge in [-0.15, -0.1) is 0 Å². The minimum Gasteiger partial charge on any atom is -0.393 e. The number of nitrogens with zero attached hydrogens (tertiary/aromatic N) is 4. The molecule has 0 aliphatic carbocycles. The molecule has 3 heterocycles. The van der Waals surface area contributed by atoms with Gasteiger partial charge < -0.3 is 20.7 Å². The standard InChI is InChI=1S/C10H12FN5O3/c11-7-6(19-3-10(7,18)2-17)5-1-13-9-8(12)14-4-15-16(5)9/h1,4,6-7,17-18H,2-3H2,(H2,12,14,15)/t6-,7-,10?/m0/s1. The van der Waals surface area contributed by atoms with E-state index in [-0.39, 0.29) is 18.1 Å². The van der Waals surface area contributed by atoms with Gasteiger partial charge in [-0.25, -0.2) is 18.9 Å². The second-order valence-electron chi connectivity index (χ2n) is 4.46. The number of ether oxygens (including phenoxy) is 1. The third-order valence-corrected chi connectivity index (χ3v) is 3.21. The first-order valence-electron chi connectivity index (χ1n) is 5.60. The summed E-state index contributed by atoms with van der Waals surface area (Å²) in [6, 6.07) is 0. The number of rotatable bonds is 2. The summed E-state index contributed by atoms with van der Waals surface area (Å²) in [5.41, 5.74) is 4.31. The summed E-state index contributed by atoms with van der Waals surface area (Å²) in [6.07, 6.45) is -0.274. The fourth-order valence-corrected chi connectivity index (χ4v) is 2.09. The molecule has 102 valence electrons. The quantitative estimate of drug-likeness (QED) is 0.629. The van der Waals surface area contributed by atoms with Gasteiger partial charge in [-0.2, -0.15) is 5.10 Å². The van der Waals surface area contributed by atoms with Crippen LogP contribution < -0.4 is 5.73 Å². The summed E-state index contributed by atoms with van der Waals surface area (Å²) < 4.78 is 20.7. The topological polar surface area (TPSA) is 119 Å². The third-order valence-electron chi connectivity index (χ3n) is 3.21. The molecule has 0 bridgehead atoms. The SMILES string of the molecule is Nc1ncnn2c([C@@H]3OCC(O)(CO)[C@H]3F)cnc12. The molecule has 1 fully saturated rings. The Morgan fingerprint density at radius 2 is 2.37 bits per heavy atom. The van der Waals surface area contributed by atoms with Crippen molar-refractivity contribution in [1.29, 1.82) is 0 Å². The lowest BCUT2D eigenvalue weighted by atomic mass is 9.98. The Morgan fingerprint density at radius 3 is 3.05 bits per heavy atom. The van der Waals surface area contributed by atoms with Crippen molar-refractivity contribution in [2.24, 2.45) is 0 Å². The van der Waals surface area contributed by atoms with E-state index in [1.807, 2.05) is 0 Å². The van der Waals surface area contributed by atoms with Crippen molar-refractivity contribution >= 4 is 11.5 Å². The van der Waals surface area contributed by atoms with Gasteiger partial charge >= 0.3 is 0 Å². The average molecular weight is 269 g/mol. The van der Waals surface area contributed by atoms with Gasteiger partial charge in [0, 0.05) is 0 Å². The predicted octanol–water partition coefficient (Wildman–Crippen LogP) is -1.16. The molecular weight excluding hydrogens is 257 g/mol. The van der Waals surface area contributed by atoms with Crippen molar-refractivity contribution in [3.63, 3.8) is 0 Å². The highest BCUT2D eigenvalue weighted by atomic mass is 19.1. The zero-order chi connectivity index (χ0) is 13.6. The van der Waals surface area contributed by atoms with Gasteiger partial charge in [0.15, 0.2) is 17.6 Å². The molecule has 2 aromatic rings. The summed E-state index contributed by atoms with van der Waals surface area (Å²) in [4.78, 5) is 7.76. The first kappa shape index (κ1) is 12.2. The molecule has 8 nitrogen and oxygen atoms in total. The largest absolute Gasteiger partial charge is 0.393 e. The Kier molecular flexibility index (Phi) is 2.62. The monoisotopic (exact) mass is 269 g/mol. The minimum atomic E-state index is -1.91. The van der Waals surface area contributed by atoms with Crippen LogP contribution in [0.15, 0.2) is 12.5 Å². The van der Waals surface area contributed by atoms with E-state index in [0.717, 1.165) is 0 Å². The summed E-state index contributed by atoms with van der Waals surface area (Å²) >= 11 is 0. The van der Waals surface area contributed by atoms with E-state index in [2.05, 4.69) is 15.1 Å². The number of hydrogen-bond donors (Lipinski definition) is 3. The lowest BCUT2D eigenvalue weighted by molar-refractivity contribution is -0.0532. The van der Waals surface area contributed by atoms with Crippen molar-refractivity contribution in [2.45, 2.75) is 17.9 Å². The number of anilines is 1. The Morgan fingerprint density at radius 1 is 1.58 bits per heavy atom. The average Bonchev–Trinajstić information content (AvgIpc) is 2.95. The summed E-state index contributed by atoms with van der Waals surface area (Å²) in [6.45, 7) is -1.03. The molecule has 1 saturated heterocycles. The molecule has 0 saturated carbocycles. The molecule has 1 aliphatic heterocycles. The summed E-state index contributed by atoms with van der Waals surface area (Å²) in [5, 5.41) is 22.8. The maximum atomic E-state index is 14.2. The fraction of sp³-hybridized carbons (Fsp3) is 0.500. The number of nitrogens with two attached hydrogens (primary N) is 1. The molecule has 0 radical (unpaired) electrons. The number of fused-ring (bicyclic) bond motifs is 1. The third kappa shape index (κ3) is 1.66. The van der Waals surface area contributed by atoms with E-state index < -0.39 is 24.5 Å². The second kappa shape index (κ2) is 4.08. The molecule has 9 heteroatoms. The molecule has 3 atom stereocenters. The van der Waals surface area contributed by atoms with Crippen LogP contribution in [0.1, 0.15) is 11.8 Å². The first-order valence-corrected chi connectivity index (χ1v) is 5.60. The summed E-state index contributed by atoms with van der Waals surface area (Å²) in [7, 11) is 0. The van der Waals surface area contributed by atoms with Gasteiger partial charge in [-0.1, -0.05) is 0 Å². The first-order chi connectivity index (χ1) is 9.07. The lowest BCUT2D eigenvalue weighted by Crippen LogP contribution is -2.43. The number of alkyl halides is 1. The van der Waals surface area contributed by atoms with Crippen molar-refractivity contribution < 1.29 is 19.3 Å². The number of aromatic nitrogens is 4. The van der Waals surface area contributed by atoms with Crippen molar-refractivity contribution in [3.05, 3.63) is 18.2 Å². The van der Waals surface area contributed by atoms with Gasteiger partial charge in [0.1, 0.15) is 18.0 Å². The molecule has 1 unspecified atom stereocenters. The second-order valence-corrected chi connectivity index (χ2v) is 4.46. The Labute approximate surface area is 106 Å². The van der Waals surface area contributed by atoms with Crippen LogP contribution in [0.4, 0.5) is 10.2 Å². The van der Waals surface area contributed by atoms with Crippen LogP contribution in [0.2, 0.25) is 0 Å². The van der Waals surface area contributed by atoms with Crippen LogP contribution in [0.5, 0.6) is 0 Å². The van der Waals surface area contributed by atoms with Crippen molar-refractivity contribution in [3.8, 4) is 0 Å². The predicted molar refractivity (Wildman–Crippen MR) is 60.8 cm³/mol. The molecule has 4 N–H and O–H groups in total. The van der Waals surface area contributed by atoms with E-state index in [9.17, 15) is 9.50 Å². The molecule has 19 heavy (non-hydrogen) atoms. The smallest absolute Gasteiger partial charge is 0.196 e. The van der Waals surface area contributed by atoms with Crippen LogP contribution in [0.3, 0.4) is 0 Å². The number of nitrogen functional groups attached to an aromatic ring is 1. The number of aliphatic hydroxyl groups excluding tert-OH is 1. The number of aliphatic hydroxyl groups is 2. The van der Waals surface area contributed by atoms with E-state index in [1.165, 1.54) is 17.0 Å². The van der Waals surface area contributed by atoms with Gasteiger partial charge in [-0.05, 0) is 0 Å². The highest BCUT2D eigenvalue weighted by Gasteiger charge is 2.50. The van der Waals surface area contributed by atoms with Crippen LogP contribution in [-0.2, 0) is 4.74 Å². The van der Waals surface area contributed by atoms with Crippen LogP contribution in [0, 0.1) is 0 Å². The normalized spacial score (nSPS) is 31.1. The zero-order valence-electron chi connectivity index (χ0n) is 9.77. The van der Waals surface area contributed by atoms with Gasteiger partial charge in [0.2, 0.25) is 0 Å². The number of hydrogen-bond acceptors (Lipinski definition) is 7. The zero-order valence-corrected chi connectivity index (χ0v) is 9.77. The van der Waals surface area contributed by atoms with Crippen molar-refractivity contribution in [2.75, 3.05) is 18.9 Å². The lowest BCUT2D eigenvalue weighted by Gasteiger charge is -2.21. The molecule has 0 aromatic carbocycles. The highest BCUT2D eigenvalue weighted by molar-refractivity contribution is 5.58. The number of imidazole rings is 1. The highest BCUT2D eigenvalue weighted by Crippen LogP contribution is 2.37. The van der Waals surface area contributed by atoms with E-state index in [1.54, 1.807) is 0 Å². The Bertz CT molecular complexity index is 620. The number of halogens is 1. The maximum absolute atomic E-state index is 14.2. The molecule has 3 rings (SSSR count). The maximum Gasteiger partial charge on any atom is 0.196 e. The fourth-order valence-electron chi connectivity index (χ4n) is 2.09.